The van der Waals surface area contributed by atoms with E-state index in [1.54, 1.807) is 0 Å². The molecule has 0 radical (unpaired) electrons. The molecule has 0 aliphatic heterocycles. The fourth-order valence-corrected chi connectivity index (χ4v) is 2.76. The number of hydrogen-bond donors (Lipinski definition) is 1. The van der Waals surface area contributed by atoms with Gasteiger partial charge >= 0.3 is 0 Å². The van der Waals surface area contributed by atoms with Crippen molar-refractivity contribution in [3.63, 3.8) is 0 Å². The van der Waals surface area contributed by atoms with Crippen LogP contribution in [0.2, 0.25) is 0 Å². The summed E-state index contributed by atoms with van der Waals surface area (Å²) in [5, 5.41) is 6.59. The van der Waals surface area contributed by atoms with Crippen LogP contribution in [0.4, 0.5) is 23.5 Å². The van der Waals surface area contributed by atoms with Gasteiger partial charge in [0.15, 0.2) is 23.1 Å². The zero-order chi connectivity index (χ0) is 22.7. The topological polar surface area (TPSA) is 82.2 Å². The summed E-state index contributed by atoms with van der Waals surface area (Å²) in [5.74, 6) is -8.58. The number of carbonyl (C=O) groups excluding carboxylic acids is 1. The van der Waals surface area contributed by atoms with E-state index >= 15 is 0 Å². The number of rotatable bonds is 7. The molecule has 0 spiro atoms. The minimum absolute atomic E-state index is 0.0128. The maximum atomic E-state index is 13.6. The van der Waals surface area contributed by atoms with E-state index in [1.807, 2.05) is 30.3 Å². The summed E-state index contributed by atoms with van der Waals surface area (Å²) in [6.07, 6.45) is 1.45. The Morgan fingerprint density at radius 2 is 1.75 bits per heavy atom. The Hall–Kier alpha value is -4.15. The molecule has 0 aliphatic carbocycles. The second-order valence-electron chi connectivity index (χ2n) is 6.56. The van der Waals surface area contributed by atoms with E-state index in [0.29, 0.717) is 6.54 Å². The van der Waals surface area contributed by atoms with Crippen molar-refractivity contribution in [2.24, 2.45) is 0 Å². The van der Waals surface area contributed by atoms with Gasteiger partial charge in [0, 0.05) is 6.07 Å². The van der Waals surface area contributed by atoms with E-state index in [4.69, 9.17) is 9.15 Å². The highest BCUT2D eigenvalue weighted by Crippen LogP contribution is 2.27. The molecule has 0 atom stereocenters. The van der Waals surface area contributed by atoms with Gasteiger partial charge in [-0.15, -0.1) is 5.10 Å². The summed E-state index contributed by atoms with van der Waals surface area (Å²) in [4.78, 5) is 16.3. The monoisotopic (exact) mass is 446 g/mol. The first-order valence-electron chi connectivity index (χ1n) is 9.20. The third-order valence-corrected chi connectivity index (χ3v) is 4.26. The molecule has 4 rings (SSSR count). The number of carbonyl (C=O) groups is 1. The van der Waals surface area contributed by atoms with E-state index in [-0.39, 0.29) is 23.5 Å². The normalized spacial score (nSPS) is 10.9. The van der Waals surface area contributed by atoms with Crippen molar-refractivity contribution in [3.8, 4) is 5.75 Å². The number of hydrogen-bond acceptors (Lipinski definition) is 5. The lowest BCUT2D eigenvalue weighted by molar-refractivity contribution is 0.0991. The SMILES string of the molecule is O=C(Nc1ncn(Cc2ccccc2)n1)c1ccc(COc2c(F)c(F)cc(F)c2F)o1. The molecule has 0 saturated heterocycles. The van der Waals surface area contributed by atoms with Crippen LogP contribution in [0.3, 0.4) is 0 Å². The maximum absolute atomic E-state index is 13.6. The predicted octanol–water partition coefficient (Wildman–Crippen LogP) is 4.31. The third-order valence-electron chi connectivity index (χ3n) is 4.26. The Labute approximate surface area is 178 Å². The molecule has 32 heavy (non-hydrogen) atoms. The summed E-state index contributed by atoms with van der Waals surface area (Å²) >= 11 is 0. The zero-order valence-electron chi connectivity index (χ0n) is 16.2. The van der Waals surface area contributed by atoms with E-state index in [0.717, 1.165) is 5.56 Å². The number of nitrogens with one attached hydrogen (secondary N) is 1. The quantitative estimate of drug-likeness (QED) is 0.338. The summed E-state index contributed by atoms with van der Waals surface area (Å²) in [6, 6.07) is 12.2. The van der Waals surface area contributed by atoms with Crippen LogP contribution < -0.4 is 10.1 Å². The van der Waals surface area contributed by atoms with Crippen molar-refractivity contribution in [2.45, 2.75) is 13.2 Å². The van der Waals surface area contributed by atoms with Crippen molar-refractivity contribution < 1.29 is 31.5 Å². The van der Waals surface area contributed by atoms with Crippen LogP contribution in [-0.4, -0.2) is 20.7 Å². The molecule has 1 N–H and O–H groups in total. The second kappa shape index (κ2) is 8.92. The summed E-state index contributed by atoms with van der Waals surface area (Å²) in [5.41, 5.74) is 0.997. The van der Waals surface area contributed by atoms with Crippen LogP contribution in [0.1, 0.15) is 21.9 Å². The number of halogens is 4. The molecule has 0 saturated carbocycles. The van der Waals surface area contributed by atoms with Crippen LogP contribution in [0, 0.1) is 23.3 Å². The molecular weight excluding hydrogens is 432 g/mol. The Balaban J connectivity index is 1.37. The Morgan fingerprint density at radius 3 is 2.47 bits per heavy atom. The van der Waals surface area contributed by atoms with Crippen LogP contribution in [-0.2, 0) is 13.2 Å². The second-order valence-corrected chi connectivity index (χ2v) is 6.56. The fraction of sp³-hybridized carbons (Fsp3) is 0.0952. The molecule has 0 unspecified atom stereocenters. The van der Waals surface area contributed by atoms with Gasteiger partial charge in [0.2, 0.25) is 17.6 Å². The lowest BCUT2D eigenvalue weighted by Crippen LogP contribution is -2.12. The molecule has 1 amide bonds. The van der Waals surface area contributed by atoms with E-state index in [1.165, 1.54) is 23.1 Å². The van der Waals surface area contributed by atoms with Gasteiger partial charge in [0.25, 0.3) is 5.91 Å². The highest BCUT2D eigenvalue weighted by Gasteiger charge is 2.21. The summed E-state index contributed by atoms with van der Waals surface area (Å²) < 4.78 is 65.3. The number of anilines is 1. The van der Waals surface area contributed by atoms with E-state index < -0.39 is 41.5 Å². The smallest absolute Gasteiger partial charge is 0.293 e. The number of furan rings is 1. The average molecular weight is 446 g/mol. The molecule has 2 heterocycles. The first kappa shape index (κ1) is 21.1. The number of benzene rings is 2. The van der Waals surface area contributed by atoms with Gasteiger partial charge in [0.1, 0.15) is 18.7 Å². The minimum Gasteiger partial charge on any atom is -0.479 e. The van der Waals surface area contributed by atoms with Gasteiger partial charge < -0.3 is 9.15 Å². The van der Waals surface area contributed by atoms with Crippen LogP contribution in [0.25, 0.3) is 0 Å². The average Bonchev–Trinajstić information content (AvgIpc) is 3.43. The molecular formula is C21H14F4N4O3. The van der Waals surface area contributed by atoms with Crippen LogP contribution in [0.5, 0.6) is 5.75 Å². The first-order chi connectivity index (χ1) is 15.4. The zero-order valence-corrected chi connectivity index (χ0v) is 16.2. The van der Waals surface area contributed by atoms with Gasteiger partial charge in [-0.25, -0.2) is 18.4 Å². The largest absolute Gasteiger partial charge is 0.479 e. The first-order valence-corrected chi connectivity index (χ1v) is 9.20. The number of amides is 1. The molecule has 0 fully saturated rings. The highest BCUT2D eigenvalue weighted by molar-refractivity contribution is 6.01. The van der Waals surface area contributed by atoms with Crippen LogP contribution in [0.15, 0.2) is 59.3 Å². The van der Waals surface area contributed by atoms with Crippen molar-refractivity contribution in [1.82, 2.24) is 14.8 Å². The van der Waals surface area contributed by atoms with Crippen molar-refractivity contribution >= 4 is 11.9 Å². The predicted molar refractivity (Wildman–Crippen MR) is 103 cm³/mol. The van der Waals surface area contributed by atoms with Crippen molar-refractivity contribution in [1.29, 1.82) is 0 Å². The van der Waals surface area contributed by atoms with E-state index in [2.05, 4.69) is 15.4 Å². The Morgan fingerprint density at radius 1 is 1.03 bits per heavy atom. The minimum atomic E-state index is -1.68. The molecule has 0 bridgehead atoms. The van der Waals surface area contributed by atoms with Gasteiger partial charge in [-0.3, -0.25) is 10.1 Å². The lowest BCUT2D eigenvalue weighted by atomic mass is 10.2. The standard InChI is InChI=1S/C21H14F4N4O3/c22-14-8-15(23)18(25)19(17(14)24)31-10-13-6-7-16(32-13)20(30)27-21-26-11-29(28-21)9-12-4-2-1-3-5-12/h1-8,11H,9-10H2,(H,27,28,30). The Bertz CT molecular complexity index is 1230. The molecule has 4 aromatic rings. The maximum Gasteiger partial charge on any atom is 0.293 e. The number of aromatic nitrogens is 3. The summed E-state index contributed by atoms with van der Waals surface area (Å²) in [6.45, 7) is -0.117. The third kappa shape index (κ3) is 4.61. The van der Waals surface area contributed by atoms with Crippen molar-refractivity contribution in [2.75, 3.05) is 5.32 Å². The Kier molecular flexibility index (Phi) is 5.88. The van der Waals surface area contributed by atoms with E-state index in [9.17, 15) is 22.4 Å². The fourth-order valence-electron chi connectivity index (χ4n) is 2.76. The molecule has 0 aliphatic rings. The molecule has 2 aromatic carbocycles. The van der Waals surface area contributed by atoms with Crippen molar-refractivity contribution in [3.05, 3.63) is 95.2 Å². The van der Waals surface area contributed by atoms with Gasteiger partial charge in [-0.05, 0) is 17.7 Å². The summed E-state index contributed by atoms with van der Waals surface area (Å²) in [7, 11) is 0. The molecule has 2 aromatic heterocycles. The lowest BCUT2D eigenvalue weighted by Gasteiger charge is -2.08. The number of nitrogens with zero attached hydrogens (tertiary/aromatic N) is 3. The van der Waals surface area contributed by atoms with Gasteiger partial charge in [-0.2, -0.15) is 8.78 Å². The van der Waals surface area contributed by atoms with Gasteiger partial charge in [-0.1, -0.05) is 30.3 Å². The van der Waals surface area contributed by atoms with Gasteiger partial charge in [0.05, 0.1) is 6.54 Å². The molecule has 7 nitrogen and oxygen atoms in total. The van der Waals surface area contributed by atoms with Crippen LogP contribution >= 0.6 is 0 Å². The molecule has 164 valence electrons. The molecule has 11 heteroatoms. The highest BCUT2D eigenvalue weighted by atomic mass is 19.2. The number of ether oxygens (including phenoxy) is 1.